The lowest BCUT2D eigenvalue weighted by molar-refractivity contribution is -0.132. The number of thiazole rings is 1. The summed E-state index contributed by atoms with van der Waals surface area (Å²) in [6.45, 7) is 1.42. The Morgan fingerprint density at radius 2 is 2.23 bits per heavy atom. The molecule has 0 aliphatic carbocycles. The van der Waals surface area contributed by atoms with E-state index in [0.29, 0.717) is 30.3 Å². The van der Waals surface area contributed by atoms with E-state index in [1.165, 1.54) is 11.3 Å². The number of carbonyl (C=O) groups excluding carboxylic acids is 1. The van der Waals surface area contributed by atoms with E-state index in [1.807, 2.05) is 10.3 Å². The molecule has 0 spiro atoms. The number of likely N-dealkylation sites (tertiary alicyclic amines) is 1. The first kappa shape index (κ1) is 15.2. The zero-order chi connectivity index (χ0) is 15.4. The van der Waals surface area contributed by atoms with Crippen molar-refractivity contribution in [3.05, 3.63) is 40.1 Å². The van der Waals surface area contributed by atoms with Gasteiger partial charge in [0.2, 0.25) is 5.91 Å². The summed E-state index contributed by atoms with van der Waals surface area (Å²) in [7, 11) is 0. The zero-order valence-corrected chi connectivity index (χ0v) is 13.5. The average Bonchev–Trinajstić information content (AvgIpc) is 3.01. The molecule has 3 rings (SSSR count). The molecule has 2 aromatic heterocycles. The smallest absolute Gasteiger partial charge is 0.228 e. The summed E-state index contributed by atoms with van der Waals surface area (Å²) in [4.78, 5) is 22.2. The lowest BCUT2D eigenvalue weighted by Crippen LogP contribution is -2.42. The normalized spacial score (nSPS) is 15.8. The molecule has 7 heteroatoms. The first-order chi connectivity index (χ1) is 10.7. The van der Waals surface area contributed by atoms with Gasteiger partial charge in [0.15, 0.2) is 0 Å². The fourth-order valence-electron chi connectivity index (χ4n) is 2.46. The molecule has 1 saturated heterocycles. The fourth-order valence-corrected chi connectivity index (χ4v) is 3.19. The third kappa shape index (κ3) is 3.96. The van der Waals surface area contributed by atoms with E-state index in [0.717, 1.165) is 18.5 Å². The van der Waals surface area contributed by atoms with Crippen molar-refractivity contribution in [2.24, 2.45) is 0 Å². The molecular formula is C15H16ClN3O2S. The number of amides is 1. The van der Waals surface area contributed by atoms with Gasteiger partial charge in [0.05, 0.1) is 28.8 Å². The summed E-state index contributed by atoms with van der Waals surface area (Å²) in [5.74, 6) is 0.813. The van der Waals surface area contributed by atoms with E-state index >= 15 is 0 Å². The maximum absolute atomic E-state index is 12.2. The Morgan fingerprint density at radius 3 is 2.91 bits per heavy atom. The molecule has 0 saturated carbocycles. The summed E-state index contributed by atoms with van der Waals surface area (Å²) in [6, 6.07) is 1.76. The van der Waals surface area contributed by atoms with Crippen LogP contribution in [-0.4, -0.2) is 40.0 Å². The Hall–Kier alpha value is -1.66. The number of piperidine rings is 1. The molecule has 1 aliphatic rings. The maximum atomic E-state index is 12.2. The number of nitrogens with zero attached hydrogens (tertiary/aromatic N) is 3. The van der Waals surface area contributed by atoms with Gasteiger partial charge >= 0.3 is 0 Å². The van der Waals surface area contributed by atoms with Crippen LogP contribution in [0.4, 0.5) is 0 Å². The highest BCUT2D eigenvalue weighted by Crippen LogP contribution is 2.21. The molecule has 1 fully saturated rings. The minimum Gasteiger partial charge on any atom is -0.489 e. The van der Waals surface area contributed by atoms with Gasteiger partial charge in [-0.3, -0.25) is 9.78 Å². The summed E-state index contributed by atoms with van der Waals surface area (Å²) < 4.78 is 5.87. The van der Waals surface area contributed by atoms with Crippen LogP contribution in [0.1, 0.15) is 18.5 Å². The second-order valence-corrected chi connectivity index (χ2v) is 6.35. The predicted octanol–water partition coefficient (Wildman–Crippen LogP) is 2.80. The first-order valence-electron chi connectivity index (χ1n) is 7.13. The van der Waals surface area contributed by atoms with Crippen LogP contribution in [0, 0.1) is 0 Å². The van der Waals surface area contributed by atoms with Gasteiger partial charge in [-0.05, 0) is 0 Å². The Kier molecular flexibility index (Phi) is 4.90. The third-order valence-corrected chi connectivity index (χ3v) is 4.44. The second-order valence-electron chi connectivity index (χ2n) is 5.19. The van der Waals surface area contributed by atoms with E-state index < -0.39 is 0 Å². The summed E-state index contributed by atoms with van der Waals surface area (Å²) in [5.41, 5.74) is 2.60. The first-order valence-corrected chi connectivity index (χ1v) is 8.45. The van der Waals surface area contributed by atoms with Crippen LogP contribution >= 0.6 is 22.9 Å². The highest BCUT2D eigenvalue weighted by molar-refractivity contribution is 7.07. The molecule has 0 atom stereocenters. The minimum absolute atomic E-state index is 0.101. The summed E-state index contributed by atoms with van der Waals surface area (Å²) in [6.07, 6.45) is 5.35. The van der Waals surface area contributed by atoms with Crippen LogP contribution in [0.25, 0.3) is 0 Å². The van der Waals surface area contributed by atoms with E-state index in [4.69, 9.17) is 16.3 Å². The topological polar surface area (TPSA) is 55.3 Å². The van der Waals surface area contributed by atoms with Crippen LogP contribution in [0.5, 0.6) is 5.75 Å². The number of ether oxygens (including phenoxy) is 1. The van der Waals surface area contributed by atoms with Crippen molar-refractivity contribution in [1.82, 2.24) is 14.9 Å². The van der Waals surface area contributed by atoms with Gasteiger partial charge in [0.1, 0.15) is 11.9 Å². The number of hydrogen-bond acceptors (Lipinski definition) is 5. The SMILES string of the molecule is O=C(Cc1cscn1)N1CCC(Oc2cncc(Cl)c2)CC1. The van der Waals surface area contributed by atoms with Crippen LogP contribution in [0.15, 0.2) is 29.4 Å². The number of aromatic nitrogens is 2. The van der Waals surface area contributed by atoms with Crippen molar-refractivity contribution in [3.8, 4) is 5.75 Å². The Labute approximate surface area is 137 Å². The van der Waals surface area contributed by atoms with Crippen molar-refractivity contribution in [1.29, 1.82) is 0 Å². The van der Waals surface area contributed by atoms with Gasteiger partial charge in [0, 0.05) is 43.6 Å². The van der Waals surface area contributed by atoms with E-state index in [9.17, 15) is 4.79 Å². The molecule has 116 valence electrons. The lowest BCUT2D eigenvalue weighted by Gasteiger charge is -2.32. The second kappa shape index (κ2) is 7.07. The van der Waals surface area contributed by atoms with Gasteiger partial charge in [-0.25, -0.2) is 4.98 Å². The third-order valence-electron chi connectivity index (χ3n) is 3.59. The molecular weight excluding hydrogens is 322 g/mol. The molecule has 0 aromatic carbocycles. The zero-order valence-electron chi connectivity index (χ0n) is 11.9. The fraction of sp³-hybridized carbons (Fsp3) is 0.400. The largest absolute Gasteiger partial charge is 0.489 e. The Balaban J connectivity index is 1.49. The van der Waals surface area contributed by atoms with Gasteiger partial charge in [-0.2, -0.15) is 0 Å². The predicted molar refractivity (Wildman–Crippen MR) is 85.3 cm³/mol. The van der Waals surface area contributed by atoms with Crippen LogP contribution in [0.2, 0.25) is 5.02 Å². The Bertz CT molecular complexity index is 627. The molecule has 0 N–H and O–H groups in total. The Morgan fingerprint density at radius 1 is 1.41 bits per heavy atom. The van der Waals surface area contributed by atoms with Crippen LogP contribution in [0.3, 0.4) is 0 Å². The molecule has 22 heavy (non-hydrogen) atoms. The molecule has 3 heterocycles. The van der Waals surface area contributed by atoms with Gasteiger partial charge in [0.25, 0.3) is 0 Å². The quantitative estimate of drug-likeness (QED) is 0.860. The number of halogens is 1. The van der Waals surface area contributed by atoms with Crippen molar-refractivity contribution in [2.45, 2.75) is 25.4 Å². The average molecular weight is 338 g/mol. The molecule has 0 radical (unpaired) electrons. The van der Waals surface area contributed by atoms with Crippen LogP contribution in [-0.2, 0) is 11.2 Å². The molecule has 1 aliphatic heterocycles. The minimum atomic E-state index is 0.101. The van der Waals surface area contributed by atoms with E-state index in [-0.39, 0.29) is 12.0 Å². The molecule has 0 bridgehead atoms. The molecule has 5 nitrogen and oxygen atoms in total. The van der Waals surface area contributed by atoms with Crippen molar-refractivity contribution >= 4 is 28.8 Å². The van der Waals surface area contributed by atoms with Gasteiger partial charge in [-0.15, -0.1) is 11.3 Å². The van der Waals surface area contributed by atoms with E-state index in [1.54, 1.807) is 24.0 Å². The van der Waals surface area contributed by atoms with E-state index in [2.05, 4.69) is 9.97 Å². The van der Waals surface area contributed by atoms with Crippen molar-refractivity contribution in [2.75, 3.05) is 13.1 Å². The molecule has 0 unspecified atom stereocenters. The maximum Gasteiger partial charge on any atom is 0.228 e. The number of hydrogen-bond donors (Lipinski definition) is 0. The number of pyridine rings is 1. The summed E-state index contributed by atoms with van der Waals surface area (Å²) >= 11 is 7.41. The number of rotatable bonds is 4. The number of carbonyl (C=O) groups is 1. The lowest BCUT2D eigenvalue weighted by atomic mass is 10.1. The highest BCUT2D eigenvalue weighted by Gasteiger charge is 2.24. The van der Waals surface area contributed by atoms with Gasteiger partial charge in [-0.1, -0.05) is 11.6 Å². The molecule has 1 amide bonds. The summed E-state index contributed by atoms with van der Waals surface area (Å²) in [5, 5.41) is 2.48. The highest BCUT2D eigenvalue weighted by atomic mass is 35.5. The standard InChI is InChI=1S/C15H16ClN3O2S/c16-11-5-14(8-17-7-11)21-13-1-3-19(4-2-13)15(20)6-12-9-22-10-18-12/h5,7-10,13H,1-4,6H2. The monoisotopic (exact) mass is 337 g/mol. The van der Waals surface area contributed by atoms with Gasteiger partial charge < -0.3 is 9.64 Å². The van der Waals surface area contributed by atoms with Crippen molar-refractivity contribution < 1.29 is 9.53 Å². The molecule has 2 aromatic rings. The van der Waals surface area contributed by atoms with Crippen LogP contribution < -0.4 is 4.74 Å². The van der Waals surface area contributed by atoms with Crippen molar-refractivity contribution in [3.63, 3.8) is 0 Å².